The quantitative estimate of drug-likeness (QED) is 0.807. The van der Waals surface area contributed by atoms with Gasteiger partial charge in [0.25, 0.3) is 0 Å². The molecular formula is C10H18O2S2. The van der Waals surface area contributed by atoms with Gasteiger partial charge in [-0.05, 0) is 18.8 Å². The van der Waals surface area contributed by atoms with E-state index in [1.165, 1.54) is 17.9 Å². The van der Waals surface area contributed by atoms with Crippen molar-refractivity contribution in [2.75, 3.05) is 31.3 Å². The van der Waals surface area contributed by atoms with E-state index in [0.717, 1.165) is 24.2 Å². The van der Waals surface area contributed by atoms with Crippen LogP contribution in [0.1, 0.15) is 12.8 Å². The zero-order chi connectivity index (χ0) is 9.80. The normalized spacial score (nSPS) is 34.9. The molecule has 2 aliphatic heterocycles. The Kier molecular flexibility index (Phi) is 4.47. The highest BCUT2D eigenvalue weighted by molar-refractivity contribution is 8.20. The third-order valence-electron chi connectivity index (χ3n) is 3.05. The Bertz CT molecular complexity index is 172. The first-order valence-corrected chi connectivity index (χ1v) is 7.41. The molecule has 82 valence electrons. The van der Waals surface area contributed by atoms with Crippen LogP contribution in [-0.4, -0.2) is 41.0 Å². The maximum atomic E-state index is 9.24. The fourth-order valence-corrected chi connectivity index (χ4v) is 5.17. The van der Waals surface area contributed by atoms with E-state index in [-0.39, 0.29) is 0 Å². The summed E-state index contributed by atoms with van der Waals surface area (Å²) in [6.07, 6.45) is 2.41. The molecule has 2 heterocycles. The van der Waals surface area contributed by atoms with Crippen LogP contribution in [0.15, 0.2) is 0 Å². The fourth-order valence-electron chi connectivity index (χ4n) is 2.14. The van der Waals surface area contributed by atoms with E-state index in [1.807, 2.05) is 0 Å². The van der Waals surface area contributed by atoms with Gasteiger partial charge in [0.15, 0.2) is 0 Å². The van der Waals surface area contributed by atoms with Gasteiger partial charge in [-0.1, -0.05) is 0 Å². The summed E-state index contributed by atoms with van der Waals surface area (Å²) in [7, 11) is 0. The molecule has 2 fully saturated rings. The first-order chi connectivity index (χ1) is 6.90. The number of aliphatic hydroxyl groups excluding tert-OH is 1. The van der Waals surface area contributed by atoms with Crippen LogP contribution < -0.4 is 0 Å². The molecule has 0 unspecified atom stereocenters. The van der Waals surface area contributed by atoms with E-state index in [9.17, 15) is 5.11 Å². The van der Waals surface area contributed by atoms with Crippen molar-refractivity contribution in [2.45, 2.75) is 17.4 Å². The molecule has 2 rings (SSSR count). The minimum absolute atomic E-state index is 0.298. The highest BCUT2D eigenvalue weighted by Gasteiger charge is 2.29. The molecule has 4 heteroatoms. The van der Waals surface area contributed by atoms with Gasteiger partial charge in [0.1, 0.15) is 0 Å². The average molecular weight is 234 g/mol. The third-order valence-corrected chi connectivity index (χ3v) is 6.14. The van der Waals surface area contributed by atoms with Crippen molar-refractivity contribution in [1.82, 2.24) is 0 Å². The number of thioether (sulfide) groups is 2. The molecule has 0 aliphatic carbocycles. The van der Waals surface area contributed by atoms with Crippen molar-refractivity contribution >= 4 is 23.5 Å². The molecule has 2 atom stereocenters. The largest absolute Gasteiger partial charge is 0.396 e. The molecule has 0 aromatic heterocycles. The van der Waals surface area contributed by atoms with Gasteiger partial charge in [-0.2, -0.15) is 0 Å². The average Bonchev–Trinajstić information content (AvgIpc) is 2.71. The van der Waals surface area contributed by atoms with Gasteiger partial charge in [0.05, 0.1) is 11.2 Å². The Morgan fingerprint density at radius 1 is 1.21 bits per heavy atom. The molecule has 2 nitrogen and oxygen atoms in total. The molecule has 0 spiro atoms. The van der Waals surface area contributed by atoms with E-state index in [0.29, 0.717) is 18.4 Å². The number of aliphatic hydroxyl groups is 1. The molecule has 0 radical (unpaired) electrons. The van der Waals surface area contributed by atoms with Gasteiger partial charge in [-0.3, -0.25) is 0 Å². The van der Waals surface area contributed by atoms with E-state index in [1.54, 1.807) is 0 Å². The zero-order valence-electron chi connectivity index (χ0n) is 8.35. The van der Waals surface area contributed by atoms with Crippen LogP contribution in [-0.2, 0) is 4.74 Å². The summed E-state index contributed by atoms with van der Waals surface area (Å²) < 4.78 is 6.18. The van der Waals surface area contributed by atoms with Gasteiger partial charge >= 0.3 is 0 Å². The summed E-state index contributed by atoms with van der Waals surface area (Å²) in [4.78, 5) is 0. The molecule has 1 N–H and O–H groups in total. The molecule has 14 heavy (non-hydrogen) atoms. The maximum absolute atomic E-state index is 9.24. The Morgan fingerprint density at radius 3 is 2.71 bits per heavy atom. The van der Waals surface area contributed by atoms with Crippen LogP contribution >= 0.6 is 23.5 Å². The van der Waals surface area contributed by atoms with E-state index in [2.05, 4.69) is 23.5 Å². The van der Waals surface area contributed by atoms with E-state index in [4.69, 9.17) is 4.74 Å². The standard InChI is InChI=1S/C10H18O2S2/c11-6-9-7-12-2-1-8(9)5-10-13-3-4-14-10/h8-11H,1-7H2/t8-,9-/m0/s1. The molecule has 0 saturated carbocycles. The van der Waals surface area contributed by atoms with Crippen LogP contribution in [0.2, 0.25) is 0 Å². The van der Waals surface area contributed by atoms with Crippen LogP contribution in [0.4, 0.5) is 0 Å². The number of hydrogen-bond donors (Lipinski definition) is 1. The second kappa shape index (κ2) is 5.64. The molecule has 0 amide bonds. The lowest BCUT2D eigenvalue weighted by Crippen LogP contribution is -2.31. The summed E-state index contributed by atoms with van der Waals surface area (Å²) in [5.41, 5.74) is 0. The lowest BCUT2D eigenvalue weighted by atomic mass is 9.87. The Balaban J connectivity index is 1.81. The van der Waals surface area contributed by atoms with E-state index >= 15 is 0 Å². The summed E-state index contributed by atoms with van der Waals surface area (Å²) in [6, 6.07) is 0. The smallest absolute Gasteiger partial charge is 0.0518 e. The summed E-state index contributed by atoms with van der Waals surface area (Å²) in [5, 5.41) is 9.24. The Labute approximate surface area is 94.2 Å². The molecule has 2 saturated heterocycles. The predicted octanol–water partition coefficient (Wildman–Crippen LogP) is 1.83. The predicted molar refractivity (Wildman–Crippen MR) is 62.8 cm³/mol. The Morgan fingerprint density at radius 2 is 2.00 bits per heavy atom. The molecule has 0 bridgehead atoms. The lowest BCUT2D eigenvalue weighted by Gasteiger charge is -2.31. The van der Waals surface area contributed by atoms with Gasteiger partial charge in [-0.15, -0.1) is 23.5 Å². The van der Waals surface area contributed by atoms with Crippen LogP contribution in [0, 0.1) is 11.8 Å². The first-order valence-electron chi connectivity index (χ1n) is 5.32. The minimum atomic E-state index is 0.298. The van der Waals surface area contributed by atoms with Gasteiger partial charge in [0.2, 0.25) is 0 Å². The second-order valence-corrected chi connectivity index (χ2v) is 6.89. The monoisotopic (exact) mass is 234 g/mol. The maximum Gasteiger partial charge on any atom is 0.0518 e. The highest BCUT2D eigenvalue weighted by Crippen LogP contribution is 2.39. The molecular weight excluding hydrogens is 216 g/mol. The number of hydrogen-bond acceptors (Lipinski definition) is 4. The van der Waals surface area contributed by atoms with Gasteiger partial charge < -0.3 is 9.84 Å². The molecule has 0 aromatic rings. The molecule has 0 aromatic carbocycles. The Hall–Kier alpha value is 0.620. The number of ether oxygens (including phenoxy) is 1. The number of rotatable bonds is 3. The summed E-state index contributed by atoms with van der Waals surface area (Å²) >= 11 is 4.18. The molecule has 2 aliphatic rings. The second-order valence-electron chi connectivity index (χ2n) is 3.97. The van der Waals surface area contributed by atoms with Crippen LogP contribution in [0.3, 0.4) is 0 Å². The van der Waals surface area contributed by atoms with Crippen molar-refractivity contribution in [1.29, 1.82) is 0 Å². The highest BCUT2D eigenvalue weighted by atomic mass is 32.2. The van der Waals surface area contributed by atoms with Crippen molar-refractivity contribution in [2.24, 2.45) is 11.8 Å². The van der Waals surface area contributed by atoms with Crippen molar-refractivity contribution in [3.05, 3.63) is 0 Å². The zero-order valence-corrected chi connectivity index (χ0v) is 9.99. The van der Waals surface area contributed by atoms with Crippen molar-refractivity contribution < 1.29 is 9.84 Å². The first kappa shape index (κ1) is 11.1. The summed E-state index contributed by atoms with van der Waals surface area (Å²) in [5.74, 6) is 3.70. The lowest BCUT2D eigenvalue weighted by molar-refractivity contribution is -0.00810. The minimum Gasteiger partial charge on any atom is -0.396 e. The van der Waals surface area contributed by atoms with Crippen molar-refractivity contribution in [3.63, 3.8) is 0 Å². The van der Waals surface area contributed by atoms with E-state index < -0.39 is 0 Å². The van der Waals surface area contributed by atoms with Gasteiger partial charge in [0, 0.05) is 30.6 Å². The SMILES string of the molecule is OC[C@H]1COCC[C@H]1CC1SCCS1. The van der Waals surface area contributed by atoms with Crippen LogP contribution in [0.25, 0.3) is 0 Å². The van der Waals surface area contributed by atoms with Crippen molar-refractivity contribution in [3.8, 4) is 0 Å². The third kappa shape index (κ3) is 2.81. The fraction of sp³-hybridized carbons (Fsp3) is 1.00. The topological polar surface area (TPSA) is 29.5 Å². The summed E-state index contributed by atoms with van der Waals surface area (Å²) in [6.45, 7) is 1.96. The van der Waals surface area contributed by atoms with Crippen LogP contribution in [0.5, 0.6) is 0 Å². The van der Waals surface area contributed by atoms with Gasteiger partial charge in [-0.25, -0.2) is 0 Å².